The van der Waals surface area contributed by atoms with E-state index in [1.807, 2.05) is 24.8 Å². The van der Waals surface area contributed by atoms with Gasteiger partial charge in [-0.2, -0.15) is 0 Å². The van der Waals surface area contributed by atoms with Gasteiger partial charge in [0.25, 0.3) is 0 Å². The third kappa shape index (κ3) is 4.16. The van der Waals surface area contributed by atoms with Crippen LogP contribution in [0.15, 0.2) is 6.07 Å². The molecule has 122 valence electrons. The van der Waals surface area contributed by atoms with Crippen LogP contribution in [0.4, 0.5) is 5.82 Å². The predicted octanol–water partition coefficient (Wildman–Crippen LogP) is 2.13. The number of carbonyl (C=O) groups is 1. The maximum Gasteiger partial charge on any atom is 0.245 e. The molecule has 1 fully saturated rings. The number of aromatic nitrogens is 2. The highest BCUT2D eigenvalue weighted by Crippen LogP contribution is 2.18. The monoisotopic (exact) mass is 306 g/mol. The number of ether oxygens (including phenoxy) is 1. The molecule has 1 amide bonds. The molecular formula is C16H26N4O2. The lowest BCUT2D eigenvalue weighted by Crippen LogP contribution is -2.48. The van der Waals surface area contributed by atoms with E-state index in [2.05, 4.69) is 22.2 Å². The highest BCUT2D eigenvalue weighted by atomic mass is 16.5. The first-order valence-electron chi connectivity index (χ1n) is 7.91. The fourth-order valence-electron chi connectivity index (χ4n) is 2.86. The van der Waals surface area contributed by atoms with E-state index >= 15 is 0 Å². The number of rotatable bonds is 5. The van der Waals surface area contributed by atoms with Gasteiger partial charge in [-0.25, -0.2) is 9.97 Å². The molecule has 0 radical (unpaired) electrons. The lowest BCUT2D eigenvalue weighted by Gasteiger charge is -2.35. The highest BCUT2D eigenvalue weighted by molar-refractivity contribution is 5.84. The Balaban J connectivity index is 2.04. The Hall–Kier alpha value is -1.69. The summed E-state index contributed by atoms with van der Waals surface area (Å²) in [5.41, 5.74) is 0.857. The molecule has 1 aliphatic heterocycles. The summed E-state index contributed by atoms with van der Waals surface area (Å²) in [5.74, 6) is 1.43. The molecule has 2 atom stereocenters. The van der Waals surface area contributed by atoms with Gasteiger partial charge in [-0.1, -0.05) is 0 Å². The number of nitrogens with zero attached hydrogens (tertiary/aromatic N) is 3. The molecule has 1 saturated heterocycles. The normalized spacial score (nSPS) is 19.8. The number of piperidine rings is 1. The van der Waals surface area contributed by atoms with Gasteiger partial charge in [0.05, 0.1) is 0 Å². The second-order valence-electron chi connectivity index (χ2n) is 5.99. The van der Waals surface area contributed by atoms with E-state index < -0.39 is 0 Å². The average Bonchev–Trinajstić information content (AvgIpc) is 2.46. The average molecular weight is 306 g/mol. The van der Waals surface area contributed by atoms with Gasteiger partial charge in [0.15, 0.2) is 5.82 Å². The molecule has 6 heteroatoms. The van der Waals surface area contributed by atoms with Crippen molar-refractivity contribution in [1.29, 1.82) is 0 Å². The number of anilines is 1. The summed E-state index contributed by atoms with van der Waals surface area (Å²) in [6.45, 7) is 7.13. The van der Waals surface area contributed by atoms with Gasteiger partial charge in [-0.05, 0) is 40.0 Å². The molecule has 22 heavy (non-hydrogen) atoms. The quantitative estimate of drug-likeness (QED) is 0.902. The number of hydrogen-bond donors (Lipinski definition) is 1. The number of likely N-dealkylation sites (tertiary alicyclic amines) is 1. The molecule has 2 heterocycles. The van der Waals surface area contributed by atoms with Crippen LogP contribution in [0.5, 0.6) is 0 Å². The molecule has 0 aliphatic carbocycles. The minimum atomic E-state index is -0.301. The first kappa shape index (κ1) is 16.7. The van der Waals surface area contributed by atoms with Gasteiger partial charge in [-0.3, -0.25) is 4.79 Å². The van der Waals surface area contributed by atoms with Crippen molar-refractivity contribution in [2.75, 3.05) is 19.0 Å². The maximum absolute atomic E-state index is 12.6. The van der Waals surface area contributed by atoms with E-state index in [1.165, 1.54) is 6.42 Å². The molecular weight excluding hydrogens is 280 g/mol. The Morgan fingerprint density at radius 1 is 1.50 bits per heavy atom. The van der Waals surface area contributed by atoms with Crippen LogP contribution in [-0.2, 0) is 16.1 Å². The van der Waals surface area contributed by atoms with Crippen LogP contribution in [0.3, 0.4) is 0 Å². The van der Waals surface area contributed by atoms with Gasteiger partial charge in [0, 0.05) is 31.5 Å². The van der Waals surface area contributed by atoms with Gasteiger partial charge in [0.1, 0.15) is 18.5 Å². The van der Waals surface area contributed by atoms with Crippen LogP contribution in [0.1, 0.15) is 44.6 Å². The first-order chi connectivity index (χ1) is 10.5. The summed E-state index contributed by atoms with van der Waals surface area (Å²) in [7, 11) is 1.61. The van der Waals surface area contributed by atoms with Crippen molar-refractivity contribution < 1.29 is 9.53 Å². The molecule has 1 N–H and O–H groups in total. The van der Waals surface area contributed by atoms with E-state index in [-0.39, 0.29) is 11.9 Å². The summed E-state index contributed by atoms with van der Waals surface area (Å²) in [6.07, 6.45) is 3.38. The van der Waals surface area contributed by atoms with E-state index in [9.17, 15) is 4.79 Å². The second-order valence-corrected chi connectivity index (χ2v) is 5.99. The first-order valence-corrected chi connectivity index (χ1v) is 7.91. The molecule has 0 bridgehead atoms. The number of methoxy groups -OCH3 is 1. The predicted molar refractivity (Wildman–Crippen MR) is 85.6 cm³/mol. The largest absolute Gasteiger partial charge is 0.377 e. The maximum atomic E-state index is 12.6. The van der Waals surface area contributed by atoms with Crippen molar-refractivity contribution in [3.63, 3.8) is 0 Å². The Labute approximate surface area is 132 Å². The zero-order valence-corrected chi connectivity index (χ0v) is 13.9. The highest BCUT2D eigenvalue weighted by Gasteiger charge is 2.27. The van der Waals surface area contributed by atoms with Gasteiger partial charge < -0.3 is 15.0 Å². The summed E-state index contributed by atoms with van der Waals surface area (Å²) in [5, 5.41) is 3.20. The van der Waals surface area contributed by atoms with Crippen LogP contribution >= 0.6 is 0 Å². The Kier molecular flexibility index (Phi) is 5.71. The van der Waals surface area contributed by atoms with Gasteiger partial charge in [0.2, 0.25) is 5.91 Å². The van der Waals surface area contributed by atoms with E-state index in [4.69, 9.17) is 4.74 Å². The summed E-state index contributed by atoms with van der Waals surface area (Å²) >= 11 is 0. The lowest BCUT2D eigenvalue weighted by molar-refractivity contribution is -0.134. The van der Waals surface area contributed by atoms with Crippen molar-refractivity contribution >= 4 is 11.7 Å². The van der Waals surface area contributed by atoms with E-state index in [1.54, 1.807) is 7.11 Å². The number of carbonyl (C=O) groups excluding carboxylic acids is 1. The smallest absolute Gasteiger partial charge is 0.245 e. The van der Waals surface area contributed by atoms with Crippen molar-refractivity contribution in [1.82, 2.24) is 14.9 Å². The number of aryl methyl sites for hydroxylation is 1. The Morgan fingerprint density at radius 2 is 2.27 bits per heavy atom. The number of nitrogens with one attached hydrogen (secondary N) is 1. The molecule has 0 aromatic carbocycles. The number of hydrogen-bond acceptors (Lipinski definition) is 5. The van der Waals surface area contributed by atoms with Crippen molar-refractivity contribution in [3.05, 3.63) is 17.6 Å². The van der Waals surface area contributed by atoms with Crippen LogP contribution < -0.4 is 5.32 Å². The van der Waals surface area contributed by atoms with Crippen molar-refractivity contribution in [2.45, 2.75) is 58.7 Å². The van der Waals surface area contributed by atoms with E-state index in [0.29, 0.717) is 24.3 Å². The molecule has 2 rings (SSSR count). The standard InChI is InChI=1S/C16H26N4O2/c1-11-9-14(19-15(17-11)10-22-4)18-13(3)16(21)20-8-6-5-7-12(20)2/h9,12-13H,5-8,10H2,1-4H3,(H,17,18,19). The molecule has 0 saturated carbocycles. The van der Waals surface area contributed by atoms with Gasteiger partial charge >= 0.3 is 0 Å². The minimum Gasteiger partial charge on any atom is -0.377 e. The molecule has 0 spiro atoms. The van der Waals surface area contributed by atoms with Crippen LogP contribution in [0.25, 0.3) is 0 Å². The zero-order valence-electron chi connectivity index (χ0n) is 13.9. The van der Waals surface area contributed by atoms with Crippen LogP contribution in [0.2, 0.25) is 0 Å². The topological polar surface area (TPSA) is 67.3 Å². The SMILES string of the molecule is COCc1nc(C)cc(NC(C)C(=O)N2CCCCC2C)n1. The van der Waals surface area contributed by atoms with Crippen LogP contribution in [-0.4, -0.2) is 46.5 Å². The lowest BCUT2D eigenvalue weighted by atomic mass is 10.0. The second kappa shape index (κ2) is 7.54. The molecule has 1 aromatic rings. The third-order valence-corrected chi connectivity index (χ3v) is 3.99. The summed E-state index contributed by atoms with van der Waals surface area (Å²) < 4.78 is 5.07. The zero-order chi connectivity index (χ0) is 16.1. The fourth-order valence-corrected chi connectivity index (χ4v) is 2.86. The third-order valence-electron chi connectivity index (χ3n) is 3.99. The van der Waals surface area contributed by atoms with Crippen LogP contribution in [0, 0.1) is 6.92 Å². The van der Waals surface area contributed by atoms with Crippen molar-refractivity contribution in [2.24, 2.45) is 0 Å². The van der Waals surface area contributed by atoms with Crippen molar-refractivity contribution in [3.8, 4) is 0 Å². The summed E-state index contributed by atoms with van der Waals surface area (Å²) in [4.78, 5) is 23.3. The molecule has 1 aromatic heterocycles. The molecule has 2 unspecified atom stereocenters. The summed E-state index contributed by atoms with van der Waals surface area (Å²) in [6, 6.07) is 1.87. The molecule has 6 nitrogen and oxygen atoms in total. The Bertz CT molecular complexity index is 521. The minimum absolute atomic E-state index is 0.136. The fraction of sp³-hybridized carbons (Fsp3) is 0.688. The number of amides is 1. The van der Waals surface area contributed by atoms with E-state index in [0.717, 1.165) is 25.1 Å². The Morgan fingerprint density at radius 3 is 2.95 bits per heavy atom. The molecule has 1 aliphatic rings. The van der Waals surface area contributed by atoms with Gasteiger partial charge in [-0.15, -0.1) is 0 Å².